The molecule has 1 saturated heterocycles. The van der Waals surface area contributed by atoms with Crippen LogP contribution < -0.4 is 15.8 Å². The normalized spacial score (nSPS) is 16.1. The Morgan fingerprint density at radius 2 is 1.98 bits per heavy atom. The number of carboxylic acids is 1. The number of ether oxygens (including phenoxy) is 1. The first-order valence-corrected chi connectivity index (χ1v) is 13.3. The van der Waals surface area contributed by atoms with Gasteiger partial charge >= 0.3 is 5.97 Å². The Labute approximate surface area is 230 Å². The average Bonchev–Trinajstić information content (AvgIpc) is 2.94. The van der Waals surface area contributed by atoms with Gasteiger partial charge in [0.1, 0.15) is 17.7 Å². The molecule has 0 amide bonds. The zero-order valence-corrected chi connectivity index (χ0v) is 22.4. The first-order chi connectivity index (χ1) is 19.1. The number of benzene rings is 2. The van der Waals surface area contributed by atoms with Crippen molar-refractivity contribution < 1.29 is 32.2 Å². The number of hydrogen-bond acceptors (Lipinski definition) is 6. The molecule has 0 unspecified atom stereocenters. The van der Waals surface area contributed by atoms with Gasteiger partial charge in [-0.15, -0.1) is 0 Å². The van der Waals surface area contributed by atoms with Crippen LogP contribution in [-0.4, -0.2) is 54.2 Å². The van der Waals surface area contributed by atoms with Crippen molar-refractivity contribution in [2.75, 3.05) is 38.6 Å². The molecule has 1 aliphatic heterocycles. The summed E-state index contributed by atoms with van der Waals surface area (Å²) in [5, 5.41) is 13.0. The Kier molecular flexibility index (Phi) is 9.47. The van der Waals surface area contributed by atoms with Crippen molar-refractivity contribution in [2.45, 2.75) is 44.8 Å². The van der Waals surface area contributed by atoms with Gasteiger partial charge < -0.3 is 25.8 Å². The summed E-state index contributed by atoms with van der Waals surface area (Å²) in [5.41, 5.74) is 6.76. The van der Waals surface area contributed by atoms with Gasteiger partial charge in [0.25, 0.3) is 0 Å². The van der Waals surface area contributed by atoms with Crippen LogP contribution >= 0.6 is 0 Å². The van der Waals surface area contributed by atoms with Crippen LogP contribution in [0.1, 0.15) is 49.4 Å². The third-order valence-electron chi connectivity index (χ3n) is 7.84. The van der Waals surface area contributed by atoms with E-state index in [1.54, 1.807) is 24.4 Å². The first-order valence-electron chi connectivity index (χ1n) is 13.3. The number of nitrogens with zero attached hydrogens (tertiary/aromatic N) is 2. The third-order valence-corrected chi connectivity index (χ3v) is 7.84. The number of carboxylic acid groups (broad SMARTS) is 1. The number of likely N-dealkylation sites (tertiary alicyclic amines) is 1. The van der Waals surface area contributed by atoms with E-state index < -0.39 is 35.0 Å². The topological polar surface area (TPSA) is 101 Å². The number of halogens is 4. The van der Waals surface area contributed by atoms with Gasteiger partial charge in [-0.1, -0.05) is 0 Å². The van der Waals surface area contributed by atoms with Crippen molar-refractivity contribution >= 4 is 22.6 Å². The van der Waals surface area contributed by atoms with Gasteiger partial charge in [0.05, 0.1) is 24.7 Å². The van der Waals surface area contributed by atoms with Crippen LogP contribution in [0, 0.1) is 22.9 Å². The summed E-state index contributed by atoms with van der Waals surface area (Å²) < 4.78 is 62.0. The summed E-state index contributed by atoms with van der Waals surface area (Å²) in [5.74, 6) is -3.63. The lowest BCUT2D eigenvalue weighted by molar-refractivity contribution is -0.141. The average molecular weight is 563 g/mol. The number of nitrogens with one attached hydrogen (secondary N) is 1. The standard InChI is InChI=1S/C29H34F4N4O3/c1-40-20-2-3-24-21(14-20)27(18(16-34)17-36-24)22(31)4-5-29(15-26(38)39)6-9-37(10-7-29)11-8-35-25-13-19(30)12-23(32)28(25)33/h2-3,12-14,17,22,35H,4-11,15-16,34H2,1H3,(H,38,39)/t22-/m1/s1. The Hall–Kier alpha value is -3.44. The van der Waals surface area contributed by atoms with Crippen molar-refractivity contribution in [3.05, 3.63) is 65.1 Å². The Balaban J connectivity index is 1.41. The maximum absolute atomic E-state index is 15.9. The van der Waals surface area contributed by atoms with Gasteiger partial charge in [0.15, 0.2) is 11.6 Å². The van der Waals surface area contributed by atoms with E-state index in [9.17, 15) is 23.1 Å². The van der Waals surface area contributed by atoms with E-state index in [2.05, 4.69) is 15.2 Å². The fourth-order valence-corrected chi connectivity index (χ4v) is 5.59. The molecule has 4 rings (SSSR count). The number of anilines is 1. The molecule has 0 radical (unpaired) electrons. The second kappa shape index (κ2) is 12.8. The number of methoxy groups -OCH3 is 1. The van der Waals surface area contributed by atoms with Gasteiger partial charge in [-0.05, 0) is 68.0 Å². The number of hydrogen-bond donors (Lipinski definition) is 3. The largest absolute Gasteiger partial charge is 0.497 e. The zero-order valence-electron chi connectivity index (χ0n) is 22.4. The van der Waals surface area contributed by atoms with Gasteiger partial charge in [-0.25, -0.2) is 17.6 Å². The van der Waals surface area contributed by atoms with E-state index in [1.165, 1.54) is 7.11 Å². The Morgan fingerprint density at radius 3 is 2.65 bits per heavy atom. The minimum atomic E-state index is -1.37. The molecule has 0 saturated carbocycles. The van der Waals surface area contributed by atoms with Crippen LogP contribution in [0.2, 0.25) is 0 Å². The number of rotatable bonds is 12. The molecule has 3 aromatic rings. The quantitative estimate of drug-likeness (QED) is 0.196. The van der Waals surface area contributed by atoms with Gasteiger partial charge in [0, 0.05) is 48.9 Å². The molecular formula is C29H34F4N4O3. The van der Waals surface area contributed by atoms with Gasteiger partial charge in [0.2, 0.25) is 0 Å². The maximum Gasteiger partial charge on any atom is 0.303 e. The number of alkyl halides is 1. The zero-order chi connectivity index (χ0) is 28.9. The molecule has 2 aromatic carbocycles. The molecule has 1 atom stereocenters. The van der Waals surface area contributed by atoms with E-state index in [0.717, 1.165) is 6.07 Å². The smallest absolute Gasteiger partial charge is 0.303 e. The highest BCUT2D eigenvalue weighted by Crippen LogP contribution is 2.43. The van der Waals surface area contributed by atoms with E-state index >= 15 is 4.39 Å². The molecule has 40 heavy (non-hydrogen) atoms. The summed E-state index contributed by atoms with van der Waals surface area (Å²) in [6.45, 7) is 1.96. The van der Waals surface area contributed by atoms with Gasteiger partial charge in [-0.2, -0.15) is 0 Å². The second-order valence-corrected chi connectivity index (χ2v) is 10.4. The Bertz CT molecular complexity index is 1340. The molecule has 216 valence electrons. The predicted octanol–water partition coefficient (Wildman–Crippen LogP) is 5.58. The van der Waals surface area contributed by atoms with Gasteiger partial charge in [-0.3, -0.25) is 9.78 Å². The predicted molar refractivity (Wildman–Crippen MR) is 144 cm³/mol. The number of piperidine rings is 1. The number of carbonyl (C=O) groups is 1. The highest BCUT2D eigenvalue weighted by molar-refractivity contribution is 5.85. The Morgan fingerprint density at radius 1 is 1.23 bits per heavy atom. The van der Waals surface area contributed by atoms with Crippen molar-refractivity contribution in [2.24, 2.45) is 11.1 Å². The molecular weight excluding hydrogens is 528 g/mol. The monoisotopic (exact) mass is 562 g/mol. The highest BCUT2D eigenvalue weighted by atomic mass is 19.2. The van der Waals surface area contributed by atoms with Crippen LogP contribution in [0.5, 0.6) is 5.75 Å². The molecule has 0 bridgehead atoms. The molecule has 2 heterocycles. The number of nitrogens with two attached hydrogens (primary N) is 1. The van der Waals surface area contributed by atoms with Crippen molar-refractivity contribution in [3.63, 3.8) is 0 Å². The third kappa shape index (κ3) is 6.82. The van der Waals surface area contributed by atoms with Crippen LogP contribution in [-0.2, 0) is 11.3 Å². The minimum absolute atomic E-state index is 0.0751. The molecule has 0 spiro atoms. The fraction of sp³-hybridized carbons (Fsp3) is 0.448. The summed E-state index contributed by atoms with van der Waals surface area (Å²) in [4.78, 5) is 18.2. The molecule has 1 fully saturated rings. The molecule has 11 heteroatoms. The SMILES string of the molecule is COc1ccc2ncc(CN)c([C@H](F)CCC3(CC(=O)O)CCN(CCNc4cc(F)cc(F)c4F)CC3)c2c1. The van der Waals surface area contributed by atoms with Crippen LogP contribution in [0.4, 0.5) is 23.2 Å². The van der Waals surface area contributed by atoms with E-state index in [1.807, 2.05) is 0 Å². The van der Waals surface area contributed by atoms with E-state index in [0.29, 0.717) is 72.7 Å². The van der Waals surface area contributed by atoms with E-state index in [-0.39, 0.29) is 31.6 Å². The lowest BCUT2D eigenvalue weighted by Gasteiger charge is -2.41. The number of aromatic nitrogens is 1. The van der Waals surface area contributed by atoms with Crippen molar-refractivity contribution in [3.8, 4) is 5.75 Å². The van der Waals surface area contributed by atoms with Crippen molar-refractivity contribution in [1.82, 2.24) is 9.88 Å². The summed E-state index contributed by atoms with van der Waals surface area (Å²) in [6.07, 6.45) is 1.73. The fourth-order valence-electron chi connectivity index (χ4n) is 5.59. The maximum atomic E-state index is 15.9. The van der Waals surface area contributed by atoms with E-state index in [4.69, 9.17) is 10.5 Å². The summed E-state index contributed by atoms with van der Waals surface area (Å²) in [6, 6.07) is 6.65. The molecule has 4 N–H and O–H groups in total. The molecule has 1 aromatic heterocycles. The first kappa shape index (κ1) is 29.5. The summed E-state index contributed by atoms with van der Waals surface area (Å²) >= 11 is 0. The molecule has 1 aliphatic rings. The van der Waals surface area contributed by atoms with Crippen LogP contribution in [0.3, 0.4) is 0 Å². The molecule has 7 nitrogen and oxygen atoms in total. The second-order valence-electron chi connectivity index (χ2n) is 10.4. The minimum Gasteiger partial charge on any atom is -0.497 e. The van der Waals surface area contributed by atoms with Crippen molar-refractivity contribution in [1.29, 1.82) is 0 Å². The van der Waals surface area contributed by atoms with Crippen LogP contribution in [0.25, 0.3) is 10.9 Å². The van der Waals surface area contributed by atoms with Crippen LogP contribution in [0.15, 0.2) is 36.5 Å². The highest BCUT2D eigenvalue weighted by Gasteiger charge is 2.37. The summed E-state index contributed by atoms with van der Waals surface area (Å²) in [7, 11) is 1.53. The number of fused-ring (bicyclic) bond motifs is 1. The number of aliphatic carboxylic acids is 1. The molecule has 0 aliphatic carbocycles. The number of pyridine rings is 1. The lowest BCUT2D eigenvalue weighted by atomic mass is 9.71. The lowest BCUT2D eigenvalue weighted by Crippen LogP contribution is -2.43.